The van der Waals surface area contributed by atoms with Gasteiger partial charge in [-0.25, -0.2) is 4.39 Å². The molecule has 2 amide bonds. The summed E-state index contributed by atoms with van der Waals surface area (Å²) in [6.07, 6.45) is 0.223. The minimum atomic E-state index is -0.383. The highest BCUT2D eigenvalue weighted by molar-refractivity contribution is 5.89. The van der Waals surface area contributed by atoms with Crippen LogP contribution in [0.4, 0.5) is 10.1 Å². The quantitative estimate of drug-likeness (QED) is 0.871. The Bertz CT molecular complexity index is 641. The van der Waals surface area contributed by atoms with Crippen LogP contribution >= 0.6 is 0 Å². The van der Waals surface area contributed by atoms with Gasteiger partial charge in [0, 0.05) is 51.0 Å². The van der Waals surface area contributed by atoms with Gasteiger partial charge < -0.3 is 15.1 Å². The molecule has 7 heteroatoms. The number of piperazine rings is 2. The molecule has 1 aromatic rings. The van der Waals surface area contributed by atoms with E-state index in [2.05, 4.69) is 29.0 Å². The van der Waals surface area contributed by atoms with Crippen LogP contribution in [0.15, 0.2) is 24.3 Å². The van der Waals surface area contributed by atoms with E-state index in [9.17, 15) is 14.0 Å². The Morgan fingerprint density at radius 1 is 1.15 bits per heavy atom. The smallest absolute Gasteiger partial charge is 0.237 e. The summed E-state index contributed by atoms with van der Waals surface area (Å²) < 4.78 is 13.1. The third-order valence-corrected chi connectivity index (χ3v) is 5.23. The van der Waals surface area contributed by atoms with E-state index in [1.54, 1.807) is 12.1 Å². The first-order valence-corrected chi connectivity index (χ1v) is 9.27. The molecule has 2 heterocycles. The van der Waals surface area contributed by atoms with Crippen LogP contribution in [-0.2, 0) is 9.59 Å². The third kappa shape index (κ3) is 4.15. The summed E-state index contributed by atoms with van der Waals surface area (Å²) in [5.74, 6) is -0.275. The number of rotatable bonds is 4. The lowest BCUT2D eigenvalue weighted by Gasteiger charge is -2.40. The third-order valence-electron chi connectivity index (χ3n) is 5.23. The Morgan fingerprint density at radius 2 is 1.81 bits per heavy atom. The van der Waals surface area contributed by atoms with Gasteiger partial charge in [0.1, 0.15) is 5.82 Å². The van der Waals surface area contributed by atoms with Crippen molar-refractivity contribution in [2.45, 2.75) is 32.4 Å². The van der Waals surface area contributed by atoms with Crippen molar-refractivity contribution in [3.05, 3.63) is 30.1 Å². The van der Waals surface area contributed by atoms with Crippen LogP contribution in [0.1, 0.15) is 20.3 Å². The Kier molecular flexibility index (Phi) is 5.76. The number of amides is 2. The molecule has 0 aliphatic carbocycles. The monoisotopic (exact) mass is 362 g/mol. The SMILES string of the molecule is CC(C)N1CCNC(=O)[C@H]1CC(=O)N1CCN(c2ccc(F)cc2)CC1. The highest BCUT2D eigenvalue weighted by Crippen LogP contribution is 2.19. The van der Waals surface area contributed by atoms with E-state index in [0.29, 0.717) is 32.7 Å². The van der Waals surface area contributed by atoms with Gasteiger partial charge in [0.15, 0.2) is 0 Å². The molecular formula is C19H27FN4O2. The molecule has 26 heavy (non-hydrogen) atoms. The Hall–Kier alpha value is -2.15. The van der Waals surface area contributed by atoms with E-state index in [1.165, 1.54) is 12.1 Å². The molecule has 0 spiro atoms. The second-order valence-corrected chi connectivity index (χ2v) is 7.19. The maximum absolute atomic E-state index is 13.1. The molecule has 2 aliphatic heterocycles. The van der Waals surface area contributed by atoms with E-state index in [1.807, 2.05) is 4.90 Å². The summed E-state index contributed by atoms with van der Waals surface area (Å²) in [7, 11) is 0. The Labute approximate surface area is 153 Å². The minimum absolute atomic E-state index is 0.0245. The maximum atomic E-state index is 13.1. The van der Waals surface area contributed by atoms with E-state index >= 15 is 0 Å². The van der Waals surface area contributed by atoms with Crippen LogP contribution in [0, 0.1) is 5.82 Å². The van der Waals surface area contributed by atoms with Crippen molar-refractivity contribution in [2.75, 3.05) is 44.2 Å². The summed E-state index contributed by atoms with van der Waals surface area (Å²) in [5, 5.41) is 2.87. The molecule has 2 saturated heterocycles. The lowest BCUT2D eigenvalue weighted by atomic mass is 10.1. The Balaban J connectivity index is 1.56. The van der Waals surface area contributed by atoms with Crippen LogP contribution < -0.4 is 10.2 Å². The molecule has 6 nitrogen and oxygen atoms in total. The molecule has 0 aromatic heterocycles. The lowest BCUT2D eigenvalue weighted by molar-refractivity contribution is -0.139. The zero-order valence-corrected chi connectivity index (χ0v) is 15.4. The number of hydrogen-bond acceptors (Lipinski definition) is 4. The molecule has 0 saturated carbocycles. The molecule has 1 atom stereocenters. The summed E-state index contributed by atoms with van der Waals surface area (Å²) >= 11 is 0. The molecule has 1 N–H and O–H groups in total. The normalized spacial score (nSPS) is 21.8. The highest BCUT2D eigenvalue weighted by Gasteiger charge is 2.34. The van der Waals surface area contributed by atoms with Crippen LogP contribution in [0.3, 0.4) is 0 Å². The number of halogens is 1. The molecule has 142 valence electrons. The van der Waals surface area contributed by atoms with Crippen molar-refractivity contribution in [1.82, 2.24) is 15.1 Å². The molecule has 0 unspecified atom stereocenters. The largest absolute Gasteiger partial charge is 0.368 e. The number of carbonyl (C=O) groups excluding carboxylic acids is 2. The van der Waals surface area contributed by atoms with Crippen LogP contribution in [0.25, 0.3) is 0 Å². The van der Waals surface area contributed by atoms with Gasteiger partial charge in [-0.2, -0.15) is 0 Å². The molecular weight excluding hydrogens is 335 g/mol. The topological polar surface area (TPSA) is 55.9 Å². The second-order valence-electron chi connectivity index (χ2n) is 7.19. The number of nitrogens with one attached hydrogen (secondary N) is 1. The van der Waals surface area contributed by atoms with Crippen molar-refractivity contribution in [3.63, 3.8) is 0 Å². The van der Waals surface area contributed by atoms with Gasteiger partial charge in [0.25, 0.3) is 0 Å². The van der Waals surface area contributed by atoms with E-state index in [4.69, 9.17) is 0 Å². The van der Waals surface area contributed by atoms with Gasteiger partial charge in [0.05, 0.1) is 12.5 Å². The van der Waals surface area contributed by atoms with Gasteiger partial charge >= 0.3 is 0 Å². The average molecular weight is 362 g/mol. The maximum Gasteiger partial charge on any atom is 0.237 e. The van der Waals surface area contributed by atoms with Gasteiger partial charge in [-0.3, -0.25) is 14.5 Å². The fourth-order valence-corrected chi connectivity index (χ4v) is 3.72. The number of anilines is 1. The van der Waals surface area contributed by atoms with Gasteiger partial charge in [-0.15, -0.1) is 0 Å². The first-order valence-electron chi connectivity index (χ1n) is 9.27. The standard InChI is InChI=1S/C19H27FN4O2/c1-14(2)24-8-7-21-19(26)17(24)13-18(25)23-11-9-22(10-12-23)16-5-3-15(20)4-6-16/h3-6,14,17H,7-13H2,1-2H3,(H,21,26)/t17-/m1/s1. The van der Waals surface area contributed by atoms with Gasteiger partial charge in [-0.1, -0.05) is 0 Å². The van der Waals surface area contributed by atoms with E-state index in [-0.39, 0.29) is 36.1 Å². The zero-order chi connectivity index (χ0) is 18.7. The highest BCUT2D eigenvalue weighted by atomic mass is 19.1. The predicted octanol–water partition coefficient (Wildman–Crippen LogP) is 1.07. The van der Waals surface area contributed by atoms with Crippen molar-refractivity contribution in [1.29, 1.82) is 0 Å². The van der Waals surface area contributed by atoms with Crippen LogP contribution in [-0.4, -0.2) is 73.0 Å². The number of hydrogen-bond donors (Lipinski definition) is 1. The summed E-state index contributed by atoms with van der Waals surface area (Å²) in [6.45, 7) is 8.18. The molecule has 1 aromatic carbocycles. The van der Waals surface area contributed by atoms with Crippen molar-refractivity contribution >= 4 is 17.5 Å². The number of nitrogens with zero attached hydrogens (tertiary/aromatic N) is 3. The molecule has 3 rings (SSSR count). The molecule has 2 fully saturated rings. The van der Waals surface area contributed by atoms with Crippen molar-refractivity contribution < 1.29 is 14.0 Å². The van der Waals surface area contributed by atoms with Gasteiger partial charge in [-0.05, 0) is 38.1 Å². The number of benzene rings is 1. The van der Waals surface area contributed by atoms with Crippen LogP contribution in [0.5, 0.6) is 0 Å². The molecule has 0 bridgehead atoms. The Morgan fingerprint density at radius 3 is 2.42 bits per heavy atom. The predicted molar refractivity (Wildman–Crippen MR) is 98.4 cm³/mol. The summed E-state index contributed by atoms with van der Waals surface area (Å²) in [5.41, 5.74) is 0.969. The first-order chi connectivity index (χ1) is 12.5. The van der Waals surface area contributed by atoms with Crippen molar-refractivity contribution in [3.8, 4) is 0 Å². The first kappa shape index (κ1) is 18.6. The van der Waals surface area contributed by atoms with E-state index in [0.717, 1.165) is 12.2 Å². The zero-order valence-electron chi connectivity index (χ0n) is 15.4. The van der Waals surface area contributed by atoms with E-state index < -0.39 is 0 Å². The molecule has 0 radical (unpaired) electrons. The van der Waals surface area contributed by atoms with Gasteiger partial charge in [0.2, 0.25) is 11.8 Å². The average Bonchev–Trinajstić information content (AvgIpc) is 2.64. The number of carbonyl (C=O) groups is 2. The molecule has 2 aliphatic rings. The summed E-state index contributed by atoms with van der Waals surface area (Å²) in [4.78, 5) is 31.0. The fourth-order valence-electron chi connectivity index (χ4n) is 3.72. The second kappa shape index (κ2) is 8.03. The van der Waals surface area contributed by atoms with Crippen LogP contribution in [0.2, 0.25) is 0 Å². The fraction of sp³-hybridized carbons (Fsp3) is 0.579. The van der Waals surface area contributed by atoms with Crippen molar-refractivity contribution in [2.24, 2.45) is 0 Å². The summed E-state index contributed by atoms with van der Waals surface area (Å²) in [6, 6.07) is 6.28. The lowest BCUT2D eigenvalue weighted by Crippen LogP contribution is -2.59. The minimum Gasteiger partial charge on any atom is -0.368 e.